The maximum Gasteiger partial charge on any atom is 0.333 e. The lowest BCUT2D eigenvalue weighted by Crippen LogP contribution is -2.04. The van der Waals surface area contributed by atoms with Crippen LogP contribution >= 0.6 is 31.9 Å². The molecule has 0 N–H and O–H groups in total. The summed E-state index contributed by atoms with van der Waals surface area (Å²) in [5.74, 6) is 0.456. The van der Waals surface area contributed by atoms with Gasteiger partial charge in [-0.25, -0.2) is 4.79 Å². The largest absolute Gasteiger partial charge is 0.492 e. The van der Waals surface area contributed by atoms with Gasteiger partial charge in [0.2, 0.25) is 0 Å². The minimum absolute atomic E-state index is 0.302. The van der Waals surface area contributed by atoms with Gasteiger partial charge in [0.15, 0.2) is 0 Å². The molecule has 1 aromatic carbocycles. The standard InChI is InChI=1S/C14H16Br2O3/c1-4-18-13-11(15)7-10(8-12(13)16)6-9(3)14(17)19-5-2/h6-8H,4-5H2,1-3H3/b9-6+. The minimum atomic E-state index is -0.302. The van der Waals surface area contributed by atoms with E-state index in [0.29, 0.717) is 18.8 Å². The van der Waals surface area contributed by atoms with E-state index in [1.54, 1.807) is 19.9 Å². The Morgan fingerprint density at radius 1 is 1.21 bits per heavy atom. The molecule has 1 aromatic rings. The van der Waals surface area contributed by atoms with Crippen molar-refractivity contribution in [2.45, 2.75) is 20.8 Å². The molecular formula is C14H16Br2O3. The van der Waals surface area contributed by atoms with Crippen LogP contribution in [0, 0.1) is 0 Å². The summed E-state index contributed by atoms with van der Waals surface area (Å²) in [6.45, 7) is 6.41. The number of esters is 1. The molecule has 0 fully saturated rings. The molecule has 0 saturated heterocycles. The molecule has 0 radical (unpaired) electrons. The van der Waals surface area contributed by atoms with Gasteiger partial charge in [-0.1, -0.05) is 0 Å². The summed E-state index contributed by atoms with van der Waals surface area (Å²) in [6, 6.07) is 3.80. The monoisotopic (exact) mass is 390 g/mol. The molecule has 0 bridgehead atoms. The van der Waals surface area contributed by atoms with Crippen molar-refractivity contribution in [1.29, 1.82) is 0 Å². The molecule has 3 nitrogen and oxygen atoms in total. The van der Waals surface area contributed by atoms with Crippen LogP contribution in [0.1, 0.15) is 26.3 Å². The van der Waals surface area contributed by atoms with Crippen molar-refractivity contribution in [2.75, 3.05) is 13.2 Å². The van der Waals surface area contributed by atoms with E-state index in [-0.39, 0.29) is 5.97 Å². The van der Waals surface area contributed by atoms with Crippen molar-refractivity contribution in [3.8, 4) is 5.75 Å². The first kappa shape index (κ1) is 16.2. The average Bonchev–Trinajstić information content (AvgIpc) is 2.34. The summed E-state index contributed by atoms with van der Waals surface area (Å²) < 4.78 is 12.1. The molecule has 0 spiro atoms. The first-order chi connectivity index (χ1) is 8.99. The van der Waals surface area contributed by atoms with Gasteiger partial charge >= 0.3 is 5.97 Å². The Morgan fingerprint density at radius 3 is 2.26 bits per heavy atom. The van der Waals surface area contributed by atoms with Gasteiger partial charge in [0.25, 0.3) is 0 Å². The fourth-order valence-corrected chi connectivity index (χ4v) is 2.95. The summed E-state index contributed by atoms with van der Waals surface area (Å²) in [6.07, 6.45) is 1.78. The summed E-state index contributed by atoms with van der Waals surface area (Å²) in [7, 11) is 0. The van der Waals surface area contributed by atoms with E-state index in [4.69, 9.17) is 9.47 Å². The topological polar surface area (TPSA) is 35.5 Å². The highest BCUT2D eigenvalue weighted by Crippen LogP contribution is 2.35. The lowest BCUT2D eigenvalue weighted by atomic mass is 10.1. The van der Waals surface area contributed by atoms with Crippen LogP contribution < -0.4 is 4.74 Å². The number of hydrogen-bond donors (Lipinski definition) is 0. The molecule has 104 valence electrons. The smallest absolute Gasteiger partial charge is 0.333 e. The lowest BCUT2D eigenvalue weighted by Gasteiger charge is -2.09. The number of carbonyl (C=O) groups is 1. The zero-order valence-electron chi connectivity index (χ0n) is 11.1. The quantitative estimate of drug-likeness (QED) is 0.544. The van der Waals surface area contributed by atoms with Crippen LogP contribution in [0.2, 0.25) is 0 Å². The van der Waals surface area contributed by atoms with Gasteiger partial charge in [-0.2, -0.15) is 0 Å². The maximum absolute atomic E-state index is 11.5. The molecule has 0 atom stereocenters. The van der Waals surface area contributed by atoms with E-state index in [1.165, 1.54) is 0 Å². The molecule has 5 heteroatoms. The van der Waals surface area contributed by atoms with E-state index >= 15 is 0 Å². The summed E-state index contributed by atoms with van der Waals surface area (Å²) in [5.41, 5.74) is 1.46. The van der Waals surface area contributed by atoms with Gasteiger partial charge in [0.1, 0.15) is 5.75 Å². The second-order valence-electron chi connectivity index (χ2n) is 3.79. The highest BCUT2D eigenvalue weighted by atomic mass is 79.9. The van der Waals surface area contributed by atoms with Crippen molar-refractivity contribution in [1.82, 2.24) is 0 Å². The Hall–Kier alpha value is -0.810. The average molecular weight is 392 g/mol. The minimum Gasteiger partial charge on any atom is -0.492 e. The molecule has 0 unspecified atom stereocenters. The Labute approximate surface area is 130 Å². The van der Waals surface area contributed by atoms with Crippen LogP contribution in [-0.4, -0.2) is 19.2 Å². The molecule has 0 amide bonds. The van der Waals surface area contributed by atoms with Crippen LogP contribution in [0.15, 0.2) is 26.7 Å². The number of rotatable bonds is 5. The maximum atomic E-state index is 11.5. The van der Waals surface area contributed by atoms with Crippen LogP contribution in [0.25, 0.3) is 6.08 Å². The van der Waals surface area contributed by atoms with Crippen molar-refractivity contribution in [3.63, 3.8) is 0 Å². The van der Waals surface area contributed by atoms with Gasteiger partial charge in [0.05, 0.1) is 22.2 Å². The molecule has 19 heavy (non-hydrogen) atoms. The van der Waals surface area contributed by atoms with Crippen LogP contribution in [0.4, 0.5) is 0 Å². The summed E-state index contributed by atoms with van der Waals surface area (Å²) in [5, 5.41) is 0. The molecule has 0 aromatic heterocycles. The van der Waals surface area contributed by atoms with Crippen LogP contribution in [-0.2, 0) is 9.53 Å². The molecule has 0 aliphatic carbocycles. The highest BCUT2D eigenvalue weighted by Gasteiger charge is 2.09. The van der Waals surface area contributed by atoms with Crippen molar-refractivity contribution in [2.24, 2.45) is 0 Å². The van der Waals surface area contributed by atoms with Crippen LogP contribution in [0.5, 0.6) is 5.75 Å². The zero-order valence-corrected chi connectivity index (χ0v) is 14.3. The molecule has 0 aliphatic heterocycles. The predicted octanol–water partition coefficient (Wildman–Crippen LogP) is 4.58. The number of halogens is 2. The third-order valence-electron chi connectivity index (χ3n) is 2.29. The van der Waals surface area contributed by atoms with Crippen molar-refractivity contribution < 1.29 is 14.3 Å². The van der Waals surface area contributed by atoms with E-state index in [2.05, 4.69) is 31.9 Å². The van der Waals surface area contributed by atoms with E-state index < -0.39 is 0 Å². The van der Waals surface area contributed by atoms with E-state index in [9.17, 15) is 4.79 Å². The fraction of sp³-hybridized carbons (Fsp3) is 0.357. The highest BCUT2D eigenvalue weighted by molar-refractivity contribution is 9.11. The van der Waals surface area contributed by atoms with Crippen molar-refractivity contribution in [3.05, 3.63) is 32.2 Å². The molecule has 0 heterocycles. The Balaban J connectivity index is 3.03. The van der Waals surface area contributed by atoms with Gasteiger partial charge in [0, 0.05) is 5.57 Å². The second kappa shape index (κ2) is 7.70. The molecular weight excluding hydrogens is 376 g/mol. The van der Waals surface area contributed by atoms with Gasteiger partial charge in [-0.3, -0.25) is 0 Å². The lowest BCUT2D eigenvalue weighted by molar-refractivity contribution is -0.138. The van der Waals surface area contributed by atoms with Crippen LogP contribution in [0.3, 0.4) is 0 Å². The summed E-state index contributed by atoms with van der Waals surface area (Å²) >= 11 is 6.91. The molecule has 1 rings (SSSR count). The number of ether oxygens (including phenoxy) is 2. The van der Waals surface area contributed by atoms with Gasteiger partial charge < -0.3 is 9.47 Å². The fourth-order valence-electron chi connectivity index (χ4n) is 1.50. The van der Waals surface area contributed by atoms with E-state index in [0.717, 1.165) is 20.3 Å². The molecule has 0 aliphatic rings. The first-order valence-corrected chi connectivity index (χ1v) is 7.55. The van der Waals surface area contributed by atoms with E-state index in [1.807, 2.05) is 19.1 Å². The first-order valence-electron chi connectivity index (χ1n) is 5.96. The third-order valence-corrected chi connectivity index (χ3v) is 3.47. The number of hydrogen-bond acceptors (Lipinski definition) is 3. The zero-order chi connectivity index (χ0) is 14.4. The SMILES string of the molecule is CCOC(=O)/C(C)=C/c1cc(Br)c(OCC)c(Br)c1. The number of benzene rings is 1. The third kappa shape index (κ3) is 4.66. The van der Waals surface area contributed by atoms with Gasteiger partial charge in [-0.15, -0.1) is 0 Å². The normalized spacial score (nSPS) is 11.3. The van der Waals surface area contributed by atoms with Crippen molar-refractivity contribution >= 4 is 43.9 Å². The predicted molar refractivity (Wildman–Crippen MR) is 83.3 cm³/mol. The Kier molecular flexibility index (Phi) is 6.58. The number of carbonyl (C=O) groups excluding carboxylic acids is 1. The summed E-state index contributed by atoms with van der Waals surface area (Å²) in [4.78, 5) is 11.5. The second-order valence-corrected chi connectivity index (χ2v) is 5.50. The Morgan fingerprint density at radius 2 is 1.79 bits per heavy atom. The molecule has 0 saturated carbocycles. The van der Waals surface area contributed by atoms with Gasteiger partial charge in [-0.05, 0) is 76.4 Å². The Bertz CT molecular complexity index is 472.